The molecule has 0 atom stereocenters. The van der Waals surface area contributed by atoms with Crippen molar-refractivity contribution in [2.75, 3.05) is 13.7 Å². The van der Waals surface area contributed by atoms with Gasteiger partial charge in [0.05, 0.1) is 0 Å². The summed E-state index contributed by atoms with van der Waals surface area (Å²) in [5.41, 5.74) is 1.80. The Morgan fingerprint density at radius 2 is 2.25 bits per heavy atom. The topological polar surface area (TPSA) is 21.3 Å². The molecule has 0 aromatic heterocycles. The van der Waals surface area contributed by atoms with Gasteiger partial charge in [-0.15, -0.1) is 0 Å². The van der Waals surface area contributed by atoms with Crippen LogP contribution in [0, 0.1) is 0 Å². The van der Waals surface area contributed by atoms with Gasteiger partial charge in [-0.2, -0.15) is 0 Å². The van der Waals surface area contributed by atoms with Gasteiger partial charge in [0.1, 0.15) is 12.4 Å². The predicted molar refractivity (Wildman–Crippen MR) is 68.8 cm³/mol. The third kappa shape index (κ3) is 3.31. The van der Waals surface area contributed by atoms with Crippen molar-refractivity contribution < 1.29 is 4.74 Å². The molecule has 0 spiro atoms. The molecule has 1 rings (SSSR count). The van der Waals surface area contributed by atoms with Crippen LogP contribution in [-0.4, -0.2) is 13.7 Å². The Balaban J connectivity index is 3.10. The molecule has 1 aliphatic heterocycles. The monoisotopic (exact) mass is 215 g/mol. The first-order valence-corrected chi connectivity index (χ1v) is 5.15. The van der Waals surface area contributed by atoms with Crippen molar-refractivity contribution in [1.29, 1.82) is 0 Å². The lowest BCUT2D eigenvalue weighted by Crippen LogP contribution is -1.98. The van der Waals surface area contributed by atoms with Gasteiger partial charge in [-0.05, 0) is 23.9 Å². The molecule has 0 amide bonds. The summed E-state index contributed by atoms with van der Waals surface area (Å²) in [6.45, 7) is 8.31. The fourth-order valence-corrected chi connectivity index (χ4v) is 1.30. The van der Waals surface area contributed by atoms with Crippen molar-refractivity contribution in [3.05, 3.63) is 72.7 Å². The maximum absolute atomic E-state index is 5.63. The first-order chi connectivity index (χ1) is 7.79. The normalized spacial score (nSPS) is 25.2. The minimum atomic E-state index is 0.540. The van der Waals surface area contributed by atoms with E-state index in [0.29, 0.717) is 6.61 Å². The van der Waals surface area contributed by atoms with Crippen molar-refractivity contribution in [1.82, 2.24) is 5.32 Å². The van der Waals surface area contributed by atoms with E-state index in [1.807, 2.05) is 43.6 Å². The maximum atomic E-state index is 5.63. The van der Waals surface area contributed by atoms with Crippen LogP contribution in [0.5, 0.6) is 0 Å². The summed E-state index contributed by atoms with van der Waals surface area (Å²) in [7, 11) is 1.84. The summed E-state index contributed by atoms with van der Waals surface area (Å²) >= 11 is 0. The van der Waals surface area contributed by atoms with E-state index in [9.17, 15) is 0 Å². The van der Waals surface area contributed by atoms with Crippen LogP contribution in [0.2, 0.25) is 0 Å². The number of ether oxygens (including phenoxy) is 1. The zero-order valence-corrected chi connectivity index (χ0v) is 9.57. The molecule has 0 fully saturated rings. The van der Waals surface area contributed by atoms with Crippen molar-refractivity contribution in [3.63, 3.8) is 0 Å². The summed E-state index contributed by atoms with van der Waals surface area (Å²) in [6.07, 6.45) is 13.2. The first kappa shape index (κ1) is 12.1. The molecule has 2 nitrogen and oxygen atoms in total. The average molecular weight is 215 g/mol. The lowest BCUT2D eigenvalue weighted by Gasteiger charge is -2.09. The van der Waals surface area contributed by atoms with E-state index >= 15 is 0 Å². The highest BCUT2D eigenvalue weighted by molar-refractivity contribution is 5.49. The summed E-state index contributed by atoms with van der Waals surface area (Å²) in [6, 6.07) is 0. The van der Waals surface area contributed by atoms with E-state index in [-0.39, 0.29) is 0 Å². The molecule has 84 valence electrons. The highest BCUT2D eigenvalue weighted by Crippen LogP contribution is 2.19. The van der Waals surface area contributed by atoms with E-state index in [2.05, 4.69) is 18.5 Å². The Morgan fingerprint density at radius 1 is 1.44 bits per heavy atom. The highest BCUT2D eigenvalue weighted by atomic mass is 16.5. The first-order valence-electron chi connectivity index (χ1n) is 5.15. The minimum Gasteiger partial charge on any atom is -0.489 e. The van der Waals surface area contributed by atoms with Gasteiger partial charge < -0.3 is 10.1 Å². The second-order valence-corrected chi connectivity index (χ2v) is 3.23. The zero-order chi connectivity index (χ0) is 11.8. The molecule has 0 aromatic rings. The van der Waals surface area contributed by atoms with Crippen LogP contribution < -0.4 is 5.32 Å². The van der Waals surface area contributed by atoms with E-state index in [0.717, 1.165) is 16.9 Å². The molecule has 1 N–H and O–H groups in total. The number of hydrogen-bond acceptors (Lipinski definition) is 2. The molecule has 0 bridgehead atoms. The third-order valence-corrected chi connectivity index (χ3v) is 2.10. The van der Waals surface area contributed by atoms with Crippen molar-refractivity contribution in [2.24, 2.45) is 0 Å². The van der Waals surface area contributed by atoms with Crippen LogP contribution in [0.1, 0.15) is 0 Å². The lowest BCUT2D eigenvalue weighted by atomic mass is 10.1. The van der Waals surface area contributed by atoms with Gasteiger partial charge in [-0.1, -0.05) is 37.5 Å². The highest BCUT2D eigenvalue weighted by Gasteiger charge is 2.05. The standard InChI is InChI=1S/C14H17NO/c1-4-13-12(2)8-6-5-7-11-16-14(13)9-10-15-3/h4-10,15H,1-2,11H2,3H3/b7-5-,8-6-,10-9-,14-13-. The third-order valence-electron chi connectivity index (χ3n) is 2.10. The molecule has 0 radical (unpaired) electrons. The van der Waals surface area contributed by atoms with Crippen LogP contribution in [0.3, 0.4) is 0 Å². The van der Waals surface area contributed by atoms with Crippen LogP contribution in [-0.2, 0) is 4.74 Å². The van der Waals surface area contributed by atoms with Gasteiger partial charge >= 0.3 is 0 Å². The summed E-state index contributed by atoms with van der Waals surface area (Å²) < 4.78 is 5.63. The lowest BCUT2D eigenvalue weighted by molar-refractivity contribution is 0.259. The molecule has 1 heterocycles. The van der Waals surface area contributed by atoms with Gasteiger partial charge in [0.25, 0.3) is 0 Å². The van der Waals surface area contributed by atoms with E-state index in [1.54, 1.807) is 6.08 Å². The molecule has 2 heteroatoms. The van der Waals surface area contributed by atoms with Crippen LogP contribution in [0.25, 0.3) is 0 Å². The summed E-state index contributed by atoms with van der Waals surface area (Å²) in [4.78, 5) is 0. The van der Waals surface area contributed by atoms with Gasteiger partial charge in [0, 0.05) is 12.6 Å². The minimum absolute atomic E-state index is 0.540. The fourth-order valence-electron chi connectivity index (χ4n) is 1.30. The molecular weight excluding hydrogens is 198 g/mol. The zero-order valence-electron chi connectivity index (χ0n) is 9.57. The van der Waals surface area contributed by atoms with Gasteiger partial charge in [0.2, 0.25) is 0 Å². The summed E-state index contributed by atoms with van der Waals surface area (Å²) in [5, 5.41) is 2.93. The number of rotatable bonds is 3. The van der Waals surface area contributed by atoms with Crippen LogP contribution in [0.4, 0.5) is 0 Å². The molecule has 0 aromatic carbocycles. The van der Waals surface area contributed by atoms with Gasteiger partial charge in [-0.25, -0.2) is 0 Å². The molecule has 0 aliphatic carbocycles. The smallest absolute Gasteiger partial charge is 0.128 e. The quantitative estimate of drug-likeness (QED) is 0.781. The van der Waals surface area contributed by atoms with Crippen molar-refractivity contribution >= 4 is 0 Å². The second-order valence-electron chi connectivity index (χ2n) is 3.23. The fraction of sp³-hybridized carbons (Fsp3) is 0.143. The van der Waals surface area contributed by atoms with Gasteiger partial charge in [0.15, 0.2) is 0 Å². The molecule has 0 saturated carbocycles. The molecular formula is C14H17NO. The Hall–Kier alpha value is -1.96. The predicted octanol–water partition coefficient (Wildman–Crippen LogP) is 2.86. The van der Waals surface area contributed by atoms with E-state index < -0.39 is 0 Å². The average Bonchev–Trinajstić information content (AvgIpc) is 2.37. The molecule has 1 aliphatic rings. The van der Waals surface area contributed by atoms with Crippen molar-refractivity contribution in [3.8, 4) is 0 Å². The molecule has 0 saturated heterocycles. The number of allylic oxidation sites excluding steroid dienone is 7. The van der Waals surface area contributed by atoms with Crippen molar-refractivity contribution in [2.45, 2.75) is 0 Å². The van der Waals surface area contributed by atoms with E-state index in [4.69, 9.17) is 4.74 Å². The summed E-state index contributed by atoms with van der Waals surface area (Å²) in [5.74, 6) is 0.769. The number of hydrogen-bond donors (Lipinski definition) is 1. The van der Waals surface area contributed by atoms with E-state index in [1.165, 1.54) is 0 Å². The largest absolute Gasteiger partial charge is 0.489 e. The Kier molecular flexibility index (Phi) is 4.93. The van der Waals surface area contributed by atoms with Crippen LogP contribution >= 0.6 is 0 Å². The Bertz CT molecular complexity index is 384. The SMILES string of the molecule is C=C/C1=C(\C=C/NC)OC/C=C\C=C/C1=C. The van der Waals surface area contributed by atoms with Gasteiger partial charge in [-0.3, -0.25) is 0 Å². The second kappa shape index (κ2) is 6.51. The maximum Gasteiger partial charge on any atom is 0.128 e. The molecule has 16 heavy (non-hydrogen) atoms. The van der Waals surface area contributed by atoms with Crippen LogP contribution in [0.15, 0.2) is 72.7 Å². The Morgan fingerprint density at radius 3 is 2.94 bits per heavy atom. The molecule has 0 unspecified atom stereocenters. The Labute approximate surface area is 97.0 Å². The number of nitrogens with one attached hydrogen (secondary N) is 1.